The highest BCUT2D eigenvalue weighted by Gasteiger charge is 2.53. The summed E-state index contributed by atoms with van der Waals surface area (Å²) in [5.74, 6) is -0.234. The van der Waals surface area contributed by atoms with E-state index in [1.807, 2.05) is 18.2 Å². The van der Waals surface area contributed by atoms with Crippen LogP contribution in [-0.4, -0.2) is 33.1 Å². The van der Waals surface area contributed by atoms with Crippen LogP contribution >= 0.6 is 0 Å². The van der Waals surface area contributed by atoms with Crippen molar-refractivity contribution in [1.29, 1.82) is 0 Å². The molecule has 0 bridgehead atoms. The number of nitrogens with zero attached hydrogens (tertiary/aromatic N) is 2. The largest absolute Gasteiger partial charge is 0.505 e. The molecule has 0 aliphatic heterocycles. The Kier molecular flexibility index (Phi) is 4.13. The van der Waals surface area contributed by atoms with Gasteiger partial charge in [0.25, 0.3) is 5.91 Å². The molecule has 130 valence electrons. The third kappa shape index (κ3) is 3.49. The SMILES string of the molecule is O=C(NC1CC2(C1)CC(OCc1ccccc1)C2)c1ncc(O)cn1. The van der Waals surface area contributed by atoms with Gasteiger partial charge in [-0.2, -0.15) is 0 Å². The van der Waals surface area contributed by atoms with E-state index in [0.29, 0.717) is 18.1 Å². The molecule has 0 radical (unpaired) electrons. The molecule has 1 aromatic heterocycles. The fraction of sp³-hybridized carbons (Fsp3) is 0.421. The summed E-state index contributed by atoms with van der Waals surface area (Å²) in [7, 11) is 0. The summed E-state index contributed by atoms with van der Waals surface area (Å²) in [5.41, 5.74) is 1.55. The lowest BCUT2D eigenvalue weighted by molar-refractivity contribution is -0.132. The fourth-order valence-corrected chi connectivity index (χ4v) is 3.92. The van der Waals surface area contributed by atoms with Gasteiger partial charge in [0.15, 0.2) is 5.75 Å². The minimum atomic E-state index is -0.281. The van der Waals surface area contributed by atoms with Crippen LogP contribution in [-0.2, 0) is 11.3 Å². The van der Waals surface area contributed by atoms with Gasteiger partial charge in [-0.05, 0) is 36.7 Å². The summed E-state index contributed by atoms with van der Waals surface area (Å²) in [4.78, 5) is 19.7. The zero-order chi connectivity index (χ0) is 17.3. The number of carbonyl (C=O) groups excluding carboxylic acids is 1. The number of hydrogen-bond acceptors (Lipinski definition) is 5. The Morgan fingerprint density at radius 3 is 2.52 bits per heavy atom. The molecule has 1 heterocycles. The Labute approximate surface area is 146 Å². The van der Waals surface area contributed by atoms with Gasteiger partial charge in [-0.3, -0.25) is 4.79 Å². The van der Waals surface area contributed by atoms with E-state index in [4.69, 9.17) is 9.84 Å². The third-order valence-electron chi connectivity index (χ3n) is 5.19. The molecule has 2 saturated carbocycles. The molecular formula is C19H21N3O3. The predicted octanol–water partition coefficient (Wildman–Crippen LogP) is 2.44. The van der Waals surface area contributed by atoms with E-state index in [-0.39, 0.29) is 23.5 Å². The number of amides is 1. The van der Waals surface area contributed by atoms with Crippen LogP contribution in [0.15, 0.2) is 42.7 Å². The first-order valence-corrected chi connectivity index (χ1v) is 8.59. The molecule has 1 spiro atoms. The Hall–Kier alpha value is -2.47. The van der Waals surface area contributed by atoms with Crippen molar-refractivity contribution < 1.29 is 14.6 Å². The van der Waals surface area contributed by atoms with Crippen LogP contribution < -0.4 is 5.32 Å². The first-order chi connectivity index (χ1) is 12.1. The average Bonchev–Trinajstić information content (AvgIpc) is 2.56. The van der Waals surface area contributed by atoms with Gasteiger partial charge in [-0.15, -0.1) is 0 Å². The molecule has 2 aliphatic rings. The summed E-state index contributed by atoms with van der Waals surface area (Å²) in [6.07, 6.45) is 6.90. The number of aromatic nitrogens is 2. The van der Waals surface area contributed by atoms with Crippen LogP contribution in [0.4, 0.5) is 0 Å². The molecule has 1 aromatic carbocycles. The lowest BCUT2D eigenvalue weighted by Crippen LogP contribution is -2.58. The molecule has 0 saturated heterocycles. The number of carbonyl (C=O) groups is 1. The van der Waals surface area contributed by atoms with Gasteiger partial charge < -0.3 is 15.2 Å². The maximum Gasteiger partial charge on any atom is 0.289 e. The topological polar surface area (TPSA) is 84.3 Å². The lowest BCUT2D eigenvalue weighted by atomic mass is 9.53. The summed E-state index contributed by atoms with van der Waals surface area (Å²) in [6.45, 7) is 0.667. The second-order valence-electron chi connectivity index (χ2n) is 7.17. The molecule has 2 aliphatic carbocycles. The maximum absolute atomic E-state index is 12.1. The van der Waals surface area contributed by atoms with Crippen molar-refractivity contribution in [2.45, 2.75) is 44.4 Å². The zero-order valence-corrected chi connectivity index (χ0v) is 13.9. The molecule has 2 fully saturated rings. The summed E-state index contributed by atoms with van der Waals surface area (Å²) < 4.78 is 5.96. The molecule has 2 aromatic rings. The second-order valence-corrected chi connectivity index (χ2v) is 7.17. The maximum atomic E-state index is 12.1. The van der Waals surface area contributed by atoms with E-state index in [0.717, 1.165) is 25.7 Å². The Morgan fingerprint density at radius 2 is 1.84 bits per heavy atom. The van der Waals surface area contributed by atoms with Crippen molar-refractivity contribution in [2.75, 3.05) is 0 Å². The first-order valence-electron chi connectivity index (χ1n) is 8.59. The molecule has 4 rings (SSSR count). The number of rotatable bonds is 5. The minimum absolute atomic E-state index is 0.0461. The van der Waals surface area contributed by atoms with Crippen LogP contribution in [0.1, 0.15) is 41.9 Å². The first kappa shape index (κ1) is 16.0. The number of ether oxygens (including phenoxy) is 1. The van der Waals surface area contributed by atoms with Gasteiger partial charge in [-0.1, -0.05) is 30.3 Å². The molecule has 0 unspecified atom stereocenters. The molecule has 2 N–H and O–H groups in total. The third-order valence-corrected chi connectivity index (χ3v) is 5.19. The van der Waals surface area contributed by atoms with Crippen LogP contribution in [0.5, 0.6) is 5.75 Å². The van der Waals surface area contributed by atoms with Gasteiger partial charge in [0.1, 0.15) is 0 Å². The number of benzene rings is 1. The minimum Gasteiger partial charge on any atom is -0.505 e. The molecule has 6 heteroatoms. The average molecular weight is 339 g/mol. The summed E-state index contributed by atoms with van der Waals surface area (Å²) in [6, 6.07) is 10.4. The molecule has 0 atom stereocenters. The highest BCUT2D eigenvalue weighted by atomic mass is 16.5. The van der Waals surface area contributed by atoms with Crippen LogP contribution in [0.3, 0.4) is 0 Å². The van der Waals surface area contributed by atoms with Crippen LogP contribution in [0, 0.1) is 5.41 Å². The second kappa shape index (κ2) is 6.44. The van der Waals surface area contributed by atoms with Gasteiger partial charge in [0.05, 0.1) is 25.1 Å². The smallest absolute Gasteiger partial charge is 0.289 e. The molecular weight excluding hydrogens is 318 g/mol. The van der Waals surface area contributed by atoms with E-state index >= 15 is 0 Å². The Bertz CT molecular complexity index is 734. The van der Waals surface area contributed by atoms with Crippen molar-refractivity contribution in [3.05, 3.63) is 54.1 Å². The Balaban J connectivity index is 1.18. The highest BCUT2D eigenvalue weighted by Crippen LogP contribution is 2.56. The number of hydrogen-bond donors (Lipinski definition) is 2. The van der Waals surface area contributed by atoms with E-state index in [9.17, 15) is 4.79 Å². The Morgan fingerprint density at radius 1 is 1.16 bits per heavy atom. The molecule has 1 amide bonds. The van der Waals surface area contributed by atoms with E-state index < -0.39 is 0 Å². The van der Waals surface area contributed by atoms with E-state index in [1.165, 1.54) is 18.0 Å². The van der Waals surface area contributed by atoms with E-state index in [2.05, 4.69) is 27.4 Å². The summed E-state index contributed by atoms with van der Waals surface area (Å²) in [5, 5.41) is 12.1. The highest BCUT2D eigenvalue weighted by molar-refractivity contribution is 5.90. The van der Waals surface area contributed by atoms with E-state index in [1.54, 1.807) is 0 Å². The van der Waals surface area contributed by atoms with Crippen molar-refractivity contribution in [3.8, 4) is 5.75 Å². The quantitative estimate of drug-likeness (QED) is 0.874. The van der Waals surface area contributed by atoms with Gasteiger partial charge in [0.2, 0.25) is 5.82 Å². The lowest BCUT2D eigenvalue weighted by Gasteiger charge is -2.57. The number of aromatic hydroxyl groups is 1. The van der Waals surface area contributed by atoms with Crippen molar-refractivity contribution >= 4 is 5.91 Å². The standard InChI is InChI=1S/C19H21N3O3/c23-15-10-20-17(21-11-15)18(24)22-14-6-19(7-14)8-16(9-19)25-12-13-4-2-1-3-5-13/h1-5,10-11,14,16,23H,6-9,12H2,(H,22,24). The van der Waals surface area contributed by atoms with Gasteiger partial charge in [-0.25, -0.2) is 9.97 Å². The van der Waals surface area contributed by atoms with Crippen molar-refractivity contribution in [1.82, 2.24) is 15.3 Å². The van der Waals surface area contributed by atoms with Crippen LogP contribution in [0.2, 0.25) is 0 Å². The monoisotopic (exact) mass is 339 g/mol. The van der Waals surface area contributed by atoms with Gasteiger partial charge >= 0.3 is 0 Å². The van der Waals surface area contributed by atoms with Gasteiger partial charge in [0, 0.05) is 6.04 Å². The molecule has 6 nitrogen and oxygen atoms in total. The number of nitrogens with one attached hydrogen (secondary N) is 1. The normalized spacial score (nSPS) is 27.4. The molecule has 25 heavy (non-hydrogen) atoms. The van der Waals surface area contributed by atoms with Crippen molar-refractivity contribution in [2.24, 2.45) is 5.41 Å². The summed E-state index contributed by atoms with van der Waals surface area (Å²) >= 11 is 0. The predicted molar refractivity (Wildman–Crippen MR) is 90.9 cm³/mol. The fourth-order valence-electron chi connectivity index (χ4n) is 3.92. The van der Waals surface area contributed by atoms with Crippen molar-refractivity contribution in [3.63, 3.8) is 0 Å². The van der Waals surface area contributed by atoms with Crippen LogP contribution in [0.25, 0.3) is 0 Å². The zero-order valence-electron chi connectivity index (χ0n) is 13.9.